The minimum absolute atomic E-state index is 0.0200. The molecule has 0 heterocycles. The van der Waals surface area contributed by atoms with Crippen molar-refractivity contribution in [2.45, 2.75) is 58.0 Å². The zero-order valence-electron chi connectivity index (χ0n) is 11.2. The Morgan fingerprint density at radius 3 is 1.95 bits per heavy atom. The SMILES string of the molecule is CCCCC(F)(F)O[Si](CCC)(OCF)OC(F)(F)F. The average Bonchev–Trinajstić information content (AvgIpc) is 2.23. The number of alkyl halides is 6. The van der Waals surface area contributed by atoms with Crippen molar-refractivity contribution in [1.29, 1.82) is 0 Å². The normalized spacial score (nSPS) is 16.2. The average molecular weight is 328 g/mol. The summed E-state index contributed by atoms with van der Waals surface area (Å²) in [6.07, 6.45) is -9.39. The molecule has 0 amide bonds. The second kappa shape index (κ2) is 8.20. The maximum absolute atomic E-state index is 13.5. The first-order valence-electron chi connectivity index (χ1n) is 6.14. The lowest BCUT2D eigenvalue weighted by Gasteiger charge is -2.32. The van der Waals surface area contributed by atoms with Gasteiger partial charge in [0.1, 0.15) is 0 Å². The molecule has 0 aliphatic rings. The van der Waals surface area contributed by atoms with Crippen LogP contribution < -0.4 is 0 Å². The summed E-state index contributed by atoms with van der Waals surface area (Å²) in [5.41, 5.74) is 0. The van der Waals surface area contributed by atoms with Gasteiger partial charge in [0.25, 0.3) is 0 Å². The third-order valence-corrected chi connectivity index (χ3v) is 5.04. The molecule has 0 radical (unpaired) electrons. The zero-order chi connectivity index (χ0) is 15.9. The Labute approximate surface area is 114 Å². The summed E-state index contributed by atoms with van der Waals surface area (Å²) in [5, 5.41) is 0. The number of halogens is 6. The van der Waals surface area contributed by atoms with Crippen molar-refractivity contribution in [2.24, 2.45) is 0 Å². The number of rotatable bonds is 10. The van der Waals surface area contributed by atoms with Crippen LogP contribution >= 0.6 is 0 Å². The molecule has 3 nitrogen and oxygen atoms in total. The predicted molar refractivity (Wildman–Crippen MR) is 60.6 cm³/mol. The Kier molecular flexibility index (Phi) is 8.07. The molecule has 1 unspecified atom stereocenters. The Bertz CT molecular complexity index is 268. The second-order valence-corrected chi connectivity index (χ2v) is 6.64. The fourth-order valence-electron chi connectivity index (χ4n) is 1.48. The van der Waals surface area contributed by atoms with Gasteiger partial charge < -0.3 is 8.85 Å². The molecule has 10 heteroatoms. The number of hydrogen-bond acceptors (Lipinski definition) is 3. The largest absolute Gasteiger partial charge is 0.516 e. The highest BCUT2D eigenvalue weighted by Gasteiger charge is 2.55. The van der Waals surface area contributed by atoms with Gasteiger partial charge in [0.15, 0.2) is 6.86 Å². The van der Waals surface area contributed by atoms with Gasteiger partial charge >= 0.3 is 21.3 Å². The highest BCUT2D eigenvalue weighted by atomic mass is 28.4. The van der Waals surface area contributed by atoms with Crippen molar-refractivity contribution >= 4 is 8.80 Å². The van der Waals surface area contributed by atoms with Gasteiger partial charge in [-0.3, -0.25) is 4.43 Å². The van der Waals surface area contributed by atoms with Crippen LogP contribution in [0.25, 0.3) is 0 Å². The van der Waals surface area contributed by atoms with E-state index in [-0.39, 0.29) is 12.8 Å². The quantitative estimate of drug-likeness (QED) is 0.433. The molecule has 20 heavy (non-hydrogen) atoms. The highest BCUT2D eigenvalue weighted by Crippen LogP contribution is 2.35. The third kappa shape index (κ3) is 8.07. The molecule has 0 saturated heterocycles. The first-order valence-corrected chi connectivity index (χ1v) is 8.07. The molecule has 0 bridgehead atoms. The van der Waals surface area contributed by atoms with E-state index in [1.807, 2.05) is 0 Å². The van der Waals surface area contributed by atoms with Gasteiger partial charge in [-0.25, -0.2) is 4.39 Å². The number of hydrogen-bond donors (Lipinski definition) is 0. The molecule has 122 valence electrons. The summed E-state index contributed by atoms with van der Waals surface area (Å²) in [6, 6.07) is -0.557. The molecule has 0 fully saturated rings. The molecule has 0 aliphatic heterocycles. The van der Waals surface area contributed by atoms with Crippen LogP contribution in [0, 0.1) is 0 Å². The molecule has 0 aromatic rings. The Hall–Kier alpha value is -0.323. The van der Waals surface area contributed by atoms with Gasteiger partial charge in [-0.05, 0) is 6.42 Å². The van der Waals surface area contributed by atoms with E-state index in [1.54, 1.807) is 6.92 Å². The molecule has 0 saturated carbocycles. The fraction of sp³-hybridized carbons (Fsp3) is 1.00. The van der Waals surface area contributed by atoms with Gasteiger partial charge in [-0.1, -0.05) is 26.7 Å². The summed E-state index contributed by atoms with van der Waals surface area (Å²) in [4.78, 5) is 0. The predicted octanol–water partition coefficient (Wildman–Crippen LogP) is 4.61. The van der Waals surface area contributed by atoms with Gasteiger partial charge in [-0.15, -0.1) is 13.2 Å². The van der Waals surface area contributed by atoms with Gasteiger partial charge in [-0.2, -0.15) is 8.78 Å². The third-order valence-electron chi connectivity index (χ3n) is 2.23. The van der Waals surface area contributed by atoms with Crippen molar-refractivity contribution in [3.63, 3.8) is 0 Å². The van der Waals surface area contributed by atoms with E-state index in [4.69, 9.17) is 0 Å². The van der Waals surface area contributed by atoms with E-state index in [9.17, 15) is 26.3 Å². The van der Waals surface area contributed by atoms with Crippen LogP contribution in [0.4, 0.5) is 26.3 Å². The van der Waals surface area contributed by atoms with Crippen molar-refractivity contribution in [3.05, 3.63) is 0 Å². The summed E-state index contributed by atoms with van der Waals surface area (Å²) in [6.45, 7) is 1.37. The minimum atomic E-state index is -5.24. The minimum Gasteiger partial charge on any atom is -0.344 e. The Morgan fingerprint density at radius 1 is 0.950 bits per heavy atom. The van der Waals surface area contributed by atoms with Crippen molar-refractivity contribution < 1.29 is 39.6 Å². The first-order chi connectivity index (χ1) is 9.10. The van der Waals surface area contributed by atoms with Crippen LogP contribution in [0.15, 0.2) is 0 Å². The highest BCUT2D eigenvalue weighted by molar-refractivity contribution is 6.60. The fourth-order valence-corrected chi connectivity index (χ4v) is 3.68. The molecule has 0 aromatic heterocycles. The lowest BCUT2D eigenvalue weighted by atomic mass is 10.2. The standard InChI is InChI=1S/C10H18F6O3Si/c1-3-5-6-9(12,13)18-20(7-4-2,17-8-11)19-10(14,15)16/h3-8H2,1-2H3. The molecular formula is C10H18F6O3Si. The van der Waals surface area contributed by atoms with Crippen LogP contribution in [0.5, 0.6) is 0 Å². The monoisotopic (exact) mass is 328 g/mol. The van der Waals surface area contributed by atoms with E-state index in [0.29, 0.717) is 6.42 Å². The maximum atomic E-state index is 13.5. The van der Waals surface area contributed by atoms with Crippen LogP contribution in [-0.4, -0.2) is 28.1 Å². The van der Waals surface area contributed by atoms with E-state index >= 15 is 0 Å². The van der Waals surface area contributed by atoms with Gasteiger partial charge in [0, 0.05) is 12.5 Å². The van der Waals surface area contributed by atoms with Gasteiger partial charge in [0.2, 0.25) is 0 Å². The van der Waals surface area contributed by atoms with E-state index in [2.05, 4.69) is 13.3 Å². The lowest BCUT2D eigenvalue weighted by Crippen LogP contribution is -2.53. The summed E-state index contributed by atoms with van der Waals surface area (Å²) < 4.78 is 88.1. The second-order valence-electron chi connectivity index (χ2n) is 4.08. The van der Waals surface area contributed by atoms with Gasteiger partial charge in [0.05, 0.1) is 0 Å². The molecule has 0 spiro atoms. The maximum Gasteiger partial charge on any atom is 0.516 e. The van der Waals surface area contributed by atoms with Crippen molar-refractivity contribution in [1.82, 2.24) is 0 Å². The van der Waals surface area contributed by atoms with E-state index in [1.165, 1.54) is 6.92 Å². The van der Waals surface area contributed by atoms with E-state index < -0.39 is 40.6 Å². The molecule has 0 aliphatic carbocycles. The van der Waals surface area contributed by atoms with Crippen molar-refractivity contribution in [3.8, 4) is 0 Å². The summed E-state index contributed by atoms with van der Waals surface area (Å²) in [7, 11) is -4.87. The Morgan fingerprint density at radius 2 is 1.55 bits per heavy atom. The Balaban J connectivity index is 5.06. The molecule has 1 atom stereocenters. The van der Waals surface area contributed by atoms with Crippen LogP contribution in [0.2, 0.25) is 6.04 Å². The summed E-state index contributed by atoms with van der Waals surface area (Å²) in [5.74, 6) is 0. The molecule has 0 N–H and O–H groups in total. The van der Waals surface area contributed by atoms with Crippen LogP contribution in [0.3, 0.4) is 0 Å². The molecule has 0 rings (SSSR count). The lowest BCUT2D eigenvalue weighted by molar-refractivity contribution is -0.313. The van der Waals surface area contributed by atoms with E-state index in [0.717, 1.165) is 0 Å². The van der Waals surface area contributed by atoms with Crippen LogP contribution in [-0.2, 0) is 13.3 Å². The smallest absolute Gasteiger partial charge is 0.344 e. The first kappa shape index (κ1) is 19.7. The molecule has 0 aromatic carbocycles. The van der Waals surface area contributed by atoms with Crippen LogP contribution in [0.1, 0.15) is 39.5 Å². The zero-order valence-corrected chi connectivity index (χ0v) is 12.2. The van der Waals surface area contributed by atoms with Crippen molar-refractivity contribution in [2.75, 3.05) is 6.86 Å². The summed E-state index contributed by atoms with van der Waals surface area (Å²) >= 11 is 0. The topological polar surface area (TPSA) is 27.7 Å². The molecular weight excluding hydrogens is 310 g/mol. The number of unbranched alkanes of at least 4 members (excludes halogenated alkanes) is 1.